The smallest absolute Gasteiger partial charge is 0.123 e. The molecular formula is C15H24FNO2. The zero-order valence-corrected chi connectivity index (χ0v) is 11.8. The van der Waals surface area contributed by atoms with Crippen LogP contribution in [-0.2, 0) is 15.9 Å². The number of methoxy groups -OCH3 is 1. The molecule has 1 aromatic rings. The van der Waals surface area contributed by atoms with E-state index in [4.69, 9.17) is 9.47 Å². The fourth-order valence-electron chi connectivity index (χ4n) is 1.86. The van der Waals surface area contributed by atoms with Crippen LogP contribution in [0.1, 0.15) is 18.9 Å². The normalized spacial score (nSPS) is 12.6. The second-order valence-electron chi connectivity index (χ2n) is 4.65. The molecule has 0 aliphatic heterocycles. The molecule has 3 nitrogen and oxygen atoms in total. The van der Waals surface area contributed by atoms with Gasteiger partial charge < -0.3 is 14.8 Å². The lowest BCUT2D eigenvalue weighted by molar-refractivity contribution is 0.0693. The minimum Gasteiger partial charge on any atom is -0.382 e. The van der Waals surface area contributed by atoms with Gasteiger partial charge >= 0.3 is 0 Å². The quantitative estimate of drug-likeness (QED) is 0.662. The Balaban J connectivity index is 2.06. The van der Waals surface area contributed by atoms with Gasteiger partial charge in [0.05, 0.1) is 13.2 Å². The van der Waals surface area contributed by atoms with Gasteiger partial charge in [-0.25, -0.2) is 4.39 Å². The van der Waals surface area contributed by atoms with E-state index < -0.39 is 0 Å². The summed E-state index contributed by atoms with van der Waals surface area (Å²) in [6.45, 7) is 5.04. The number of halogens is 1. The number of nitrogens with one attached hydrogen (secondary N) is 1. The van der Waals surface area contributed by atoms with Gasteiger partial charge in [-0.1, -0.05) is 12.1 Å². The minimum atomic E-state index is -0.170. The molecule has 0 fully saturated rings. The number of rotatable bonds is 10. The van der Waals surface area contributed by atoms with E-state index in [0.717, 1.165) is 31.6 Å². The predicted octanol–water partition coefficient (Wildman–Crippen LogP) is 2.40. The standard InChI is InChI=1S/C15H24FNO2/c1-13(11-14-5-3-6-15(16)12-14)17-7-4-8-19-10-9-18-2/h3,5-6,12-13,17H,4,7-11H2,1-2H3. The van der Waals surface area contributed by atoms with Crippen LogP contribution in [0.2, 0.25) is 0 Å². The third-order valence-electron chi connectivity index (χ3n) is 2.82. The molecule has 1 rings (SSSR count). The topological polar surface area (TPSA) is 30.5 Å². The number of ether oxygens (including phenoxy) is 2. The van der Waals surface area contributed by atoms with Crippen molar-refractivity contribution in [3.63, 3.8) is 0 Å². The van der Waals surface area contributed by atoms with Crippen LogP contribution in [-0.4, -0.2) is 39.5 Å². The Hall–Kier alpha value is -0.970. The average molecular weight is 269 g/mol. The first kappa shape index (κ1) is 16.1. The van der Waals surface area contributed by atoms with E-state index in [9.17, 15) is 4.39 Å². The summed E-state index contributed by atoms with van der Waals surface area (Å²) in [5.74, 6) is -0.170. The molecular weight excluding hydrogens is 245 g/mol. The Bertz CT molecular complexity index is 347. The van der Waals surface area contributed by atoms with E-state index in [1.54, 1.807) is 19.2 Å². The molecule has 19 heavy (non-hydrogen) atoms. The molecule has 0 spiro atoms. The maximum absolute atomic E-state index is 13.0. The van der Waals surface area contributed by atoms with E-state index in [1.165, 1.54) is 6.07 Å². The Morgan fingerprint density at radius 2 is 2.11 bits per heavy atom. The SMILES string of the molecule is COCCOCCCNC(C)Cc1cccc(F)c1. The Kier molecular flexibility index (Phi) is 8.38. The third-order valence-corrected chi connectivity index (χ3v) is 2.82. The predicted molar refractivity (Wildman–Crippen MR) is 74.9 cm³/mol. The van der Waals surface area contributed by atoms with Crippen LogP contribution in [0.25, 0.3) is 0 Å². The lowest BCUT2D eigenvalue weighted by atomic mass is 10.1. The molecule has 1 aromatic carbocycles. The Morgan fingerprint density at radius 3 is 2.84 bits per heavy atom. The maximum Gasteiger partial charge on any atom is 0.123 e. The molecule has 0 radical (unpaired) electrons. The van der Waals surface area contributed by atoms with Crippen LogP contribution in [0.3, 0.4) is 0 Å². The third kappa shape index (κ3) is 7.93. The van der Waals surface area contributed by atoms with Crippen molar-refractivity contribution < 1.29 is 13.9 Å². The molecule has 1 unspecified atom stereocenters. The van der Waals surface area contributed by atoms with Crippen molar-refractivity contribution in [3.8, 4) is 0 Å². The van der Waals surface area contributed by atoms with Crippen LogP contribution in [0.4, 0.5) is 4.39 Å². The Morgan fingerprint density at radius 1 is 1.26 bits per heavy atom. The van der Waals surface area contributed by atoms with Gasteiger partial charge in [0, 0.05) is 19.8 Å². The maximum atomic E-state index is 13.0. The lowest BCUT2D eigenvalue weighted by Gasteiger charge is -2.14. The van der Waals surface area contributed by atoms with Gasteiger partial charge in [0.1, 0.15) is 5.82 Å². The first-order chi connectivity index (χ1) is 9.22. The highest BCUT2D eigenvalue weighted by Gasteiger charge is 2.03. The highest BCUT2D eigenvalue weighted by atomic mass is 19.1. The lowest BCUT2D eigenvalue weighted by Crippen LogP contribution is -2.29. The number of benzene rings is 1. The van der Waals surface area contributed by atoms with E-state index in [2.05, 4.69) is 12.2 Å². The summed E-state index contributed by atoms with van der Waals surface area (Å²) in [5, 5.41) is 3.41. The van der Waals surface area contributed by atoms with Crippen molar-refractivity contribution in [2.75, 3.05) is 33.5 Å². The summed E-state index contributed by atoms with van der Waals surface area (Å²) >= 11 is 0. The molecule has 4 heteroatoms. The van der Waals surface area contributed by atoms with Gasteiger partial charge in [-0.3, -0.25) is 0 Å². The zero-order chi connectivity index (χ0) is 13.9. The van der Waals surface area contributed by atoms with Gasteiger partial charge in [0.25, 0.3) is 0 Å². The summed E-state index contributed by atoms with van der Waals surface area (Å²) in [5.41, 5.74) is 1.02. The summed E-state index contributed by atoms with van der Waals surface area (Å²) in [6.07, 6.45) is 1.81. The molecule has 0 saturated carbocycles. The van der Waals surface area contributed by atoms with E-state index >= 15 is 0 Å². The summed E-state index contributed by atoms with van der Waals surface area (Å²) < 4.78 is 23.3. The van der Waals surface area contributed by atoms with E-state index in [-0.39, 0.29) is 5.82 Å². The summed E-state index contributed by atoms with van der Waals surface area (Å²) in [4.78, 5) is 0. The second-order valence-corrected chi connectivity index (χ2v) is 4.65. The zero-order valence-electron chi connectivity index (χ0n) is 11.8. The largest absolute Gasteiger partial charge is 0.382 e. The fraction of sp³-hybridized carbons (Fsp3) is 0.600. The molecule has 0 saturated heterocycles. The van der Waals surface area contributed by atoms with Gasteiger partial charge in [-0.05, 0) is 44.0 Å². The first-order valence-corrected chi connectivity index (χ1v) is 6.77. The van der Waals surface area contributed by atoms with Crippen molar-refractivity contribution >= 4 is 0 Å². The number of hydrogen-bond acceptors (Lipinski definition) is 3. The van der Waals surface area contributed by atoms with Crippen molar-refractivity contribution in [3.05, 3.63) is 35.6 Å². The molecule has 1 N–H and O–H groups in total. The monoisotopic (exact) mass is 269 g/mol. The highest BCUT2D eigenvalue weighted by molar-refractivity contribution is 5.17. The molecule has 0 aliphatic rings. The van der Waals surface area contributed by atoms with Gasteiger partial charge in [0.2, 0.25) is 0 Å². The van der Waals surface area contributed by atoms with Crippen molar-refractivity contribution in [1.29, 1.82) is 0 Å². The Labute approximate surface area is 115 Å². The molecule has 108 valence electrons. The van der Waals surface area contributed by atoms with Gasteiger partial charge in [-0.2, -0.15) is 0 Å². The van der Waals surface area contributed by atoms with Crippen LogP contribution >= 0.6 is 0 Å². The molecule has 0 heterocycles. The fourth-order valence-corrected chi connectivity index (χ4v) is 1.86. The van der Waals surface area contributed by atoms with Gasteiger partial charge in [0.15, 0.2) is 0 Å². The molecule has 0 aromatic heterocycles. The van der Waals surface area contributed by atoms with E-state index in [1.807, 2.05) is 6.07 Å². The molecule has 1 atom stereocenters. The minimum absolute atomic E-state index is 0.170. The van der Waals surface area contributed by atoms with E-state index in [0.29, 0.717) is 19.3 Å². The van der Waals surface area contributed by atoms with Crippen molar-refractivity contribution in [2.24, 2.45) is 0 Å². The molecule has 0 bridgehead atoms. The average Bonchev–Trinajstić information content (AvgIpc) is 2.37. The first-order valence-electron chi connectivity index (χ1n) is 6.77. The number of hydrogen-bond donors (Lipinski definition) is 1. The van der Waals surface area contributed by atoms with Crippen LogP contribution < -0.4 is 5.32 Å². The van der Waals surface area contributed by atoms with Crippen LogP contribution in [0.15, 0.2) is 24.3 Å². The van der Waals surface area contributed by atoms with Gasteiger partial charge in [-0.15, -0.1) is 0 Å². The van der Waals surface area contributed by atoms with Crippen molar-refractivity contribution in [1.82, 2.24) is 5.32 Å². The van der Waals surface area contributed by atoms with Crippen molar-refractivity contribution in [2.45, 2.75) is 25.8 Å². The molecule has 0 aliphatic carbocycles. The summed E-state index contributed by atoms with van der Waals surface area (Å²) in [7, 11) is 1.67. The summed E-state index contributed by atoms with van der Waals surface area (Å²) in [6, 6.07) is 7.10. The highest BCUT2D eigenvalue weighted by Crippen LogP contribution is 2.06. The second kappa shape index (κ2) is 9.89. The molecule has 0 amide bonds. The van der Waals surface area contributed by atoms with Crippen LogP contribution in [0, 0.1) is 5.82 Å². The van der Waals surface area contributed by atoms with Crippen LogP contribution in [0.5, 0.6) is 0 Å².